The third kappa shape index (κ3) is 5.67. The molecule has 14 heavy (non-hydrogen) atoms. The van der Waals surface area contributed by atoms with Crippen molar-refractivity contribution in [1.29, 1.82) is 0 Å². The molecule has 0 fully saturated rings. The van der Waals surface area contributed by atoms with Gasteiger partial charge in [0.25, 0.3) is 0 Å². The fourth-order valence-electron chi connectivity index (χ4n) is 2.04. The van der Waals surface area contributed by atoms with Crippen LogP contribution in [0.3, 0.4) is 0 Å². The lowest BCUT2D eigenvalue weighted by Crippen LogP contribution is -2.09. The molecule has 0 saturated heterocycles. The van der Waals surface area contributed by atoms with Gasteiger partial charge in [-0.15, -0.1) is 0 Å². The van der Waals surface area contributed by atoms with Gasteiger partial charge in [-0.3, -0.25) is 0 Å². The van der Waals surface area contributed by atoms with E-state index in [-0.39, 0.29) is 0 Å². The van der Waals surface area contributed by atoms with Crippen LogP contribution in [0, 0.1) is 23.7 Å². The minimum atomic E-state index is 0.856. The Balaban J connectivity index is 3.61. The summed E-state index contributed by atoms with van der Waals surface area (Å²) < 4.78 is 0. The van der Waals surface area contributed by atoms with Gasteiger partial charge < -0.3 is 0 Å². The quantitative estimate of drug-likeness (QED) is 0.532. The molecule has 2 unspecified atom stereocenters. The van der Waals surface area contributed by atoms with Gasteiger partial charge in [-0.05, 0) is 23.7 Å². The molecule has 2 atom stereocenters. The molecule has 0 aliphatic carbocycles. The standard InChI is InChI=1S/C14H30/c1-7-14(12(4)5)10-8-9-13(6)11(2)3/h11-14H,7-10H2,1-6H3. The second-order valence-electron chi connectivity index (χ2n) is 5.56. The summed E-state index contributed by atoms with van der Waals surface area (Å²) >= 11 is 0. The molecular weight excluding hydrogens is 168 g/mol. The van der Waals surface area contributed by atoms with Crippen LogP contribution in [0.4, 0.5) is 0 Å². The number of hydrogen-bond donors (Lipinski definition) is 0. The summed E-state index contributed by atoms with van der Waals surface area (Å²) in [4.78, 5) is 0. The molecule has 0 nitrogen and oxygen atoms in total. The van der Waals surface area contributed by atoms with Crippen LogP contribution in [0.25, 0.3) is 0 Å². The monoisotopic (exact) mass is 198 g/mol. The van der Waals surface area contributed by atoms with Crippen molar-refractivity contribution in [3.63, 3.8) is 0 Å². The maximum atomic E-state index is 2.39. The van der Waals surface area contributed by atoms with Gasteiger partial charge >= 0.3 is 0 Å². The van der Waals surface area contributed by atoms with E-state index in [1.807, 2.05) is 0 Å². The predicted molar refractivity (Wildman–Crippen MR) is 66.5 cm³/mol. The highest BCUT2D eigenvalue weighted by atomic mass is 14.2. The van der Waals surface area contributed by atoms with Gasteiger partial charge in [0.15, 0.2) is 0 Å². The minimum absolute atomic E-state index is 0.856. The summed E-state index contributed by atoms with van der Waals surface area (Å²) in [6, 6.07) is 0. The maximum Gasteiger partial charge on any atom is -0.0394 e. The van der Waals surface area contributed by atoms with E-state index in [2.05, 4.69) is 41.5 Å². The van der Waals surface area contributed by atoms with Crippen molar-refractivity contribution in [3.8, 4) is 0 Å². The third-order valence-corrected chi connectivity index (χ3v) is 3.84. The highest BCUT2D eigenvalue weighted by molar-refractivity contribution is 4.64. The summed E-state index contributed by atoms with van der Waals surface area (Å²) in [5.41, 5.74) is 0. The highest BCUT2D eigenvalue weighted by Gasteiger charge is 2.12. The molecule has 0 spiro atoms. The SMILES string of the molecule is CCC(CCCC(C)C(C)C)C(C)C. The molecule has 0 aromatic heterocycles. The second kappa shape index (κ2) is 7.31. The fraction of sp³-hybridized carbons (Fsp3) is 1.00. The van der Waals surface area contributed by atoms with Crippen molar-refractivity contribution < 1.29 is 0 Å². The van der Waals surface area contributed by atoms with Crippen LogP contribution < -0.4 is 0 Å². The first-order valence-corrected chi connectivity index (χ1v) is 6.49. The Bertz CT molecular complexity index is 124. The summed E-state index contributed by atoms with van der Waals surface area (Å²) in [5, 5.41) is 0. The molecule has 0 rings (SSSR count). The van der Waals surface area contributed by atoms with E-state index in [0.717, 1.165) is 23.7 Å². The Hall–Kier alpha value is 0. The van der Waals surface area contributed by atoms with E-state index in [1.54, 1.807) is 0 Å². The van der Waals surface area contributed by atoms with Crippen molar-refractivity contribution in [2.24, 2.45) is 23.7 Å². The third-order valence-electron chi connectivity index (χ3n) is 3.84. The molecule has 0 aromatic carbocycles. The van der Waals surface area contributed by atoms with Gasteiger partial charge in [0.2, 0.25) is 0 Å². The van der Waals surface area contributed by atoms with E-state index in [1.165, 1.54) is 25.7 Å². The molecule has 0 amide bonds. The van der Waals surface area contributed by atoms with Crippen LogP contribution in [0.5, 0.6) is 0 Å². The Kier molecular flexibility index (Phi) is 7.31. The van der Waals surface area contributed by atoms with Crippen LogP contribution in [0.1, 0.15) is 67.2 Å². The van der Waals surface area contributed by atoms with Gasteiger partial charge in [-0.25, -0.2) is 0 Å². The predicted octanol–water partition coefficient (Wildman–Crippen LogP) is 5.13. The normalized spacial score (nSPS) is 16.3. The second-order valence-corrected chi connectivity index (χ2v) is 5.56. The Morgan fingerprint density at radius 2 is 1.36 bits per heavy atom. The number of rotatable bonds is 7. The summed E-state index contributed by atoms with van der Waals surface area (Å²) in [6.07, 6.45) is 5.63. The van der Waals surface area contributed by atoms with Crippen LogP contribution in [0.2, 0.25) is 0 Å². The Labute approximate surface area is 91.5 Å². The molecule has 0 heterocycles. The summed E-state index contributed by atoms with van der Waals surface area (Å²) in [5.74, 6) is 3.58. The molecule has 86 valence electrons. The van der Waals surface area contributed by atoms with E-state index < -0.39 is 0 Å². The van der Waals surface area contributed by atoms with Crippen LogP contribution in [0.15, 0.2) is 0 Å². The Morgan fingerprint density at radius 1 is 0.786 bits per heavy atom. The zero-order valence-corrected chi connectivity index (χ0v) is 11.1. The topological polar surface area (TPSA) is 0 Å². The molecule has 0 bridgehead atoms. The molecule has 0 N–H and O–H groups in total. The first kappa shape index (κ1) is 14.0. The first-order chi connectivity index (χ1) is 6.49. The van der Waals surface area contributed by atoms with E-state index >= 15 is 0 Å². The first-order valence-electron chi connectivity index (χ1n) is 6.49. The largest absolute Gasteiger partial charge is 0.0651 e. The van der Waals surface area contributed by atoms with Gasteiger partial charge in [0.1, 0.15) is 0 Å². The maximum absolute atomic E-state index is 2.39. The van der Waals surface area contributed by atoms with E-state index in [4.69, 9.17) is 0 Å². The smallest absolute Gasteiger partial charge is 0.0394 e. The van der Waals surface area contributed by atoms with Gasteiger partial charge in [0.05, 0.1) is 0 Å². The lowest BCUT2D eigenvalue weighted by molar-refractivity contribution is 0.308. The van der Waals surface area contributed by atoms with E-state index in [9.17, 15) is 0 Å². The molecule has 0 heteroatoms. The molecule has 0 aliphatic rings. The zero-order chi connectivity index (χ0) is 11.1. The molecule has 0 aliphatic heterocycles. The molecule has 0 radical (unpaired) electrons. The average molecular weight is 198 g/mol. The fourth-order valence-corrected chi connectivity index (χ4v) is 2.04. The zero-order valence-electron chi connectivity index (χ0n) is 11.1. The van der Waals surface area contributed by atoms with Crippen LogP contribution >= 0.6 is 0 Å². The van der Waals surface area contributed by atoms with Crippen LogP contribution in [-0.2, 0) is 0 Å². The van der Waals surface area contributed by atoms with Crippen molar-refractivity contribution in [3.05, 3.63) is 0 Å². The van der Waals surface area contributed by atoms with Crippen molar-refractivity contribution in [1.82, 2.24) is 0 Å². The lowest BCUT2D eigenvalue weighted by atomic mass is 9.85. The van der Waals surface area contributed by atoms with Crippen molar-refractivity contribution in [2.75, 3.05) is 0 Å². The number of hydrogen-bond acceptors (Lipinski definition) is 0. The molecule has 0 saturated carbocycles. The average Bonchev–Trinajstić information content (AvgIpc) is 2.11. The van der Waals surface area contributed by atoms with Crippen molar-refractivity contribution in [2.45, 2.75) is 67.2 Å². The van der Waals surface area contributed by atoms with E-state index in [0.29, 0.717) is 0 Å². The van der Waals surface area contributed by atoms with Crippen molar-refractivity contribution >= 4 is 0 Å². The summed E-state index contributed by atoms with van der Waals surface area (Å²) in [7, 11) is 0. The Morgan fingerprint density at radius 3 is 1.71 bits per heavy atom. The van der Waals surface area contributed by atoms with Gasteiger partial charge in [0, 0.05) is 0 Å². The van der Waals surface area contributed by atoms with Gasteiger partial charge in [-0.1, -0.05) is 67.2 Å². The molecule has 0 aromatic rings. The molecular formula is C14H30. The van der Waals surface area contributed by atoms with Crippen LogP contribution in [-0.4, -0.2) is 0 Å². The highest BCUT2D eigenvalue weighted by Crippen LogP contribution is 2.24. The minimum Gasteiger partial charge on any atom is -0.0651 e. The lowest BCUT2D eigenvalue weighted by Gasteiger charge is -2.21. The van der Waals surface area contributed by atoms with Gasteiger partial charge in [-0.2, -0.15) is 0 Å². The summed E-state index contributed by atoms with van der Waals surface area (Å²) in [6.45, 7) is 14.1.